The van der Waals surface area contributed by atoms with Crippen molar-refractivity contribution in [1.29, 1.82) is 0 Å². The number of hydrogen-bond acceptors (Lipinski definition) is 11. The molecule has 55 heavy (non-hydrogen) atoms. The fourth-order valence-corrected chi connectivity index (χ4v) is 8.61. The molecule has 288 valence electrons. The van der Waals surface area contributed by atoms with Crippen LogP contribution in [-0.4, -0.2) is 114 Å². The first-order valence-corrected chi connectivity index (χ1v) is 18.7. The number of alkyl halides is 1. The number of anilines is 1. The topological polar surface area (TPSA) is 119 Å². The van der Waals surface area contributed by atoms with Gasteiger partial charge in [-0.05, 0) is 68.7 Å². The Morgan fingerprint density at radius 1 is 1.07 bits per heavy atom. The van der Waals surface area contributed by atoms with Gasteiger partial charge in [-0.3, -0.25) is 14.8 Å². The zero-order valence-electron chi connectivity index (χ0n) is 30.5. The number of fused-ring (bicyclic) bond motifs is 3. The van der Waals surface area contributed by atoms with Crippen LogP contribution in [0.15, 0.2) is 30.5 Å². The Morgan fingerprint density at radius 3 is 2.78 bits per heavy atom. The molecular formula is C40H41F3N6O6. The van der Waals surface area contributed by atoms with Gasteiger partial charge in [-0.15, -0.1) is 6.42 Å². The third kappa shape index (κ3) is 6.86. The maximum Gasteiger partial charge on any atom is 0.415 e. The smallest absolute Gasteiger partial charge is 0.415 e. The van der Waals surface area contributed by atoms with Crippen molar-refractivity contribution >= 4 is 39.6 Å². The van der Waals surface area contributed by atoms with Gasteiger partial charge in [0, 0.05) is 56.4 Å². The third-order valence-electron chi connectivity index (χ3n) is 11.3. The van der Waals surface area contributed by atoms with E-state index in [-0.39, 0.29) is 52.6 Å². The number of ether oxygens (including phenoxy) is 4. The molecule has 4 aromatic rings. The maximum atomic E-state index is 17.3. The number of piperidine rings is 1. The number of likely N-dealkylation sites (tertiary alicyclic amines) is 1. The lowest BCUT2D eigenvalue weighted by Crippen LogP contribution is -2.49. The SMILES string of the molecule is C#Cc1c(F)ccc2cc(OC(=O)N3CCCCC3C(=O)OC)cc(-c3ncc4c(N5CCCOCC5)nc(OC[C@@]56CCCN5C[C@H](F)C6)nc4c3F)c12. The number of carbonyl (C=O) groups is 2. The van der Waals surface area contributed by atoms with Crippen molar-refractivity contribution in [3.05, 3.63) is 47.7 Å². The molecule has 3 atom stereocenters. The third-order valence-corrected chi connectivity index (χ3v) is 11.3. The molecule has 2 aromatic heterocycles. The Labute approximate surface area is 315 Å². The number of terminal acetylenes is 1. The predicted octanol–water partition coefficient (Wildman–Crippen LogP) is 5.81. The molecule has 0 saturated carbocycles. The number of pyridine rings is 1. The van der Waals surface area contributed by atoms with Crippen LogP contribution in [0.3, 0.4) is 0 Å². The number of amides is 1. The highest BCUT2D eigenvalue weighted by molar-refractivity contribution is 6.03. The number of halogens is 3. The number of carbonyl (C=O) groups excluding carboxylic acids is 2. The monoisotopic (exact) mass is 758 g/mol. The molecule has 0 aliphatic carbocycles. The summed E-state index contributed by atoms with van der Waals surface area (Å²) >= 11 is 0. The number of benzene rings is 2. The van der Waals surface area contributed by atoms with Gasteiger partial charge in [0.1, 0.15) is 47.4 Å². The van der Waals surface area contributed by atoms with Crippen LogP contribution in [0.2, 0.25) is 0 Å². The van der Waals surface area contributed by atoms with Crippen LogP contribution in [0, 0.1) is 24.0 Å². The number of esters is 1. The van der Waals surface area contributed by atoms with E-state index in [1.165, 1.54) is 42.5 Å². The van der Waals surface area contributed by atoms with Gasteiger partial charge < -0.3 is 23.8 Å². The first-order chi connectivity index (χ1) is 26.7. The van der Waals surface area contributed by atoms with Crippen molar-refractivity contribution in [2.75, 3.05) is 64.6 Å². The van der Waals surface area contributed by atoms with Crippen LogP contribution in [-0.2, 0) is 14.3 Å². The van der Waals surface area contributed by atoms with Crippen molar-refractivity contribution in [2.24, 2.45) is 0 Å². The van der Waals surface area contributed by atoms with E-state index in [0.717, 1.165) is 25.8 Å². The van der Waals surface area contributed by atoms with E-state index >= 15 is 8.78 Å². The molecule has 4 fully saturated rings. The fourth-order valence-electron chi connectivity index (χ4n) is 8.61. The quantitative estimate of drug-likeness (QED) is 0.168. The highest BCUT2D eigenvalue weighted by Crippen LogP contribution is 2.42. The van der Waals surface area contributed by atoms with Crippen molar-refractivity contribution < 1.29 is 41.7 Å². The van der Waals surface area contributed by atoms with Crippen LogP contribution < -0.4 is 14.4 Å². The molecule has 15 heteroatoms. The second kappa shape index (κ2) is 15.1. The summed E-state index contributed by atoms with van der Waals surface area (Å²) in [5, 5.41) is 0.852. The summed E-state index contributed by atoms with van der Waals surface area (Å²) in [6, 6.07) is 4.62. The Hall–Kier alpha value is -5.20. The normalized spacial score (nSPS) is 23.0. The minimum atomic E-state index is -0.961. The maximum absolute atomic E-state index is 17.3. The van der Waals surface area contributed by atoms with Crippen LogP contribution in [0.25, 0.3) is 32.9 Å². The van der Waals surface area contributed by atoms with Gasteiger partial charge in [-0.25, -0.2) is 22.8 Å². The molecular weight excluding hydrogens is 717 g/mol. The van der Waals surface area contributed by atoms with Gasteiger partial charge in [0.2, 0.25) is 0 Å². The van der Waals surface area contributed by atoms with E-state index in [9.17, 15) is 14.0 Å². The average Bonchev–Trinajstić information content (AvgIpc) is 3.58. The van der Waals surface area contributed by atoms with Gasteiger partial charge in [0.05, 0.1) is 30.2 Å². The molecule has 4 aliphatic rings. The number of hydrogen-bond donors (Lipinski definition) is 0. The van der Waals surface area contributed by atoms with Crippen LogP contribution in [0.5, 0.6) is 11.8 Å². The standard InChI is InChI=1S/C40H41F3N6O6/c1-3-27-30(42)10-9-24-18-26(55-39(51)49-14-5-4-8-31(49)37(50)52-2)19-28(32(24)27)34-33(43)35-29(21-44-34)36(47-12-7-16-53-17-15-47)46-38(45-35)54-23-40-11-6-13-48(40)22-25(41)20-40/h1,9-10,18-19,21,25,31H,4-8,11-17,20,22-23H2,2H3/t25-,31?,40+/m1/s1. The van der Waals surface area contributed by atoms with E-state index in [2.05, 4.69) is 20.8 Å². The van der Waals surface area contributed by atoms with Crippen LogP contribution in [0.1, 0.15) is 50.5 Å². The number of aromatic nitrogens is 3. The molecule has 2 aromatic carbocycles. The van der Waals surface area contributed by atoms with E-state index in [4.69, 9.17) is 30.4 Å². The molecule has 4 aliphatic heterocycles. The van der Waals surface area contributed by atoms with Gasteiger partial charge >= 0.3 is 18.1 Å². The molecule has 0 spiro atoms. The van der Waals surface area contributed by atoms with Crippen molar-refractivity contribution in [3.8, 4) is 35.4 Å². The average molecular weight is 759 g/mol. The summed E-state index contributed by atoms with van der Waals surface area (Å²) in [6.45, 7) is 3.58. The van der Waals surface area contributed by atoms with Crippen LogP contribution in [0.4, 0.5) is 23.8 Å². The molecule has 1 unspecified atom stereocenters. The Balaban J connectivity index is 1.24. The number of nitrogens with zero attached hydrogens (tertiary/aromatic N) is 6. The Kier molecular flexibility index (Phi) is 10.1. The molecule has 0 N–H and O–H groups in total. The zero-order valence-corrected chi connectivity index (χ0v) is 30.5. The summed E-state index contributed by atoms with van der Waals surface area (Å²) in [5.74, 6) is 0.668. The van der Waals surface area contributed by atoms with E-state index < -0.39 is 41.4 Å². The first kappa shape index (κ1) is 36.8. The summed E-state index contributed by atoms with van der Waals surface area (Å²) in [5.41, 5.74) is -0.896. The summed E-state index contributed by atoms with van der Waals surface area (Å²) in [7, 11) is 1.26. The Morgan fingerprint density at radius 2 is 1.95 bits per heavy atom. The molecule has 6 heterocycles. The molecule has 1 amide bonds. The lowest BCUT2D eigenvalue weighted by molar-refractivity contribution is -0.147. The second-order valence-corrected chi connectivity index (χ2v) is 14.6. The predicted molar refractivity (Wildman–Crippen MR) is 197 cm³/mol. The van der Waals surface area contributed by atoms with Gasteiger partial charge in [0.25, 0.3) is 0 Å². The first-order valence-electron chi connectivity index (χ1n) is 18.7. The zero-order chi connectivity index (χ0) is 38.3. The minimum Gasteiger partial charge on any atom is -0.467 e. The van der Waals surface area contributed by atoms with Crippen LogP contribution >= 0.6 is 0 Å². The van der Waals surface area contributed by atoms with Gasteiger partial charge in [-0.1, -0.05) is 12.0 Å². The van der Waals surface area contributed by atoms with E-state index in [1.807, 2.05) is 4.90 Å². The van der Waals surface area contributed by atoms with E-state index in [0.29, 0.717) is 75.1 Å². The number of rotatable bonds is 7. The highest BCUT2D eigenvalue weighted by Gasteiger charge is 2.49. The molecule has 0 radical (unpaired) electrons. The van der Waals surface area contributed by atoms with Crippen molar-refractivity contribution in [1.82, 2.24) is 24.8 Å². The minimum absolute atomic E-state index is 0.00219. The van der Waals surface area contributed by atoms with Crippen molar-refractivity contribution in [2.45, 2.75) is 62.7 Å². The Bertz CT molecular complexity index is 2190. The van der Waals surface area contributed by atoms with E-state index in [1.54, 1.807) is 0 Å². The van der Waals surface area contributed by atoms with Gasteiger partial charge in [0.15, 0.2) is 5.82 Å². The highest BCUT2D eigenvalue weighted by atomic mass is 19.1. The molecule has 8 rings (SSSR count). The van der Waals surface area contributed by atoms with Gasteiger partial charge in [-0.2, -0.15) is 9.97 Å². The largest absolute Gasteiger partial charge is 0.467 e. The summed E-state index contributed by atoms with van der Waals surface area (Å²) < 4.78 is 69.8. The fraction of sp³-hybridized carbons (Fsp3) is 0.475. The lowest BCUT2D eigenvalue weighted by Gasteiger charge is -2.32. The number of methoxy groups -OCH3 is 1. The second-order valence-electron chi connectivity index (χ2n) is 14.6. The molecule has 12 nitrogen and oxygen atoms in total. The summed E-state index contributed by atoms with van der Waals surface area (Å²) in [6.07, 6.45) is 10.1. The lowest BCUT2D eigenvalue weighted by atomic mass is 9.95. The molecule has 4 saturated heterocycles. The molecule has 0 bridgehead atoms. The van der Waals surface area contributed by atoms with Crippen molar-refractivity contribution in [3.63, 3.8) is 0 Å². The summed E-state index contributed by atoms with van der Waals surface area (Å²) in [4.78, 5) is 45.3.